The Labute approximate surface area is 71.4 Å². The molecule has 1 rings (SSSR count). The van der Waals surface area contributed by atoms with Gasteiger partial charge in [0.2, 0.25) is 0 Å². The third-order valence-corrected chi connectivity index (χ3v) is 1.26. The molecule has 1 aromatic heterocycles. The van der Waals surface area contributed by atoms with Crippen LogP contribution in [0.5, 0.6) is 0 Å². The van der Waals surface area contributed by atoms with Crippen LogP contribution in [0.3, 0.4) is 0 Å². The Balaban J connectivity index is 3.10. The minimum atomic E-state index is -0.699. The number of rotatable bonds is 2. The summed E-state index contributed by atoms with van der Waals surface area (Å²) in [4.78, 5) is 33.7. The van der Waals surface area contributed by atoms with E-state index in [1.807, 2.05) is 10.1 Å². The van der Waals surface area contributed by atoms with Crippen molar-refractivity contribution in [1.29, 1.82) is 0 Å². The second-order valence-electron chi connectivity index (χ2n) is 2.02. The number of thiol groups is 1. The van der Waals surface area contributed by atoms with E-state index in [2.05, 4.69) is 17.7 Å². The first-order chi connectivity index (χ1) is 5.59. The number of nitrogens with zero attached hydrogens (tertiary/aromatic N) is 1. The van der Waals surface area contributed by atoms with E-state index in [1.54, 1.807) is 0 Å². The predicted octanol–water partition coefficient (Wildman–Crippen LogP) is -1.54. The quantitative estimate of drug-likeness (QED) is 0.489. The van der Waals surface area contributed by atoms with Crippen molar-refractivity contribution in [3.8, 4) is 0 Å². The molecular formula is C5H5N3O3S. The van der Waals surface area contributed by atoms with Crippen molar-refractivity contribution in [1.82, 2.24) is 15.2 Å². The topological polar surface area (TPSA) is 95.7 Å². The van der Waals surface area contributed by atoms with Gasteiger partial charge in [0.05, 0.1) is 6.42 Å². The summed E-state index contributed by atoms with van der Waals surface area (Å²) < 4.78 is 0. The summed E-state index contributed by atoms with van der Waals surface area (Å²) >= 11 is 3.46. The molecule has 0 aliphatic carbocycles. The van der Waals surface area contributed by atoms with Crippen LogP contribution < -0.4 is 11.2 Å². The van der Waals surface area contributed by atoms with Gasteiger partial charge in [-0.05, 0) is 0 Å². The van der Waals surface area contributed by atoms with E-state index in [9.17, 15) is 14.4 Å². The molecule has 0 spiro atoms. The molecule has 0 aliphatic rings. The van der Waals surface area contributed by atoms with Gasteiger partial charge >= 0.3 is 5.69 Å². The Kier molecular flexibility index (Phi) is 2.44. The molecule has 0 atom stereocenters. The summed E-state index contributed by atoms with van der Waals surface area (Å²) in [6, 6.07) is 0. The minimum absolute atomic E-state index is 0.0467. The summed E-state index contributed by atoms with van der Waals surface area (Å²) in [5.74, 6) is 0. The number of nitrogens with one attached hydrogen (secondary N) is 2. The average molecular weight is 187 g/mol. The SMILES string of the molecule is O=C(S)Cc1n[nH]c(=O)[nH]c1=O. The van der Waals surface area contributed by atoms with Crippen LogP contribution >= 0.6 is 12.6 Å². The largest absolute Gasteiger partial charge is 0.342 e. The molecule has 7 heteroatoms. The van der Waals surface area contributed by atoms with Gasteiger partial charge in [0, 0.05) is 0 Å². The number of aromatic amines is 2. The lowest BCUT2D eigenvalue weighted by Crippen LogP contribution is -2.28. The number of carbonyl (C=O) groups is 1. The molecule has 0 saturated heterocycles. The maximum atomic E-state index is 10.9. The molecule has 0 aliphatic heterocycles. The van der Waals surface area contributed by atoms with Gasteiger partial charge in [-0.1, -0.05) is 0 Å². The maximum Gasteiger partial charge on any atom is 0.342 e. The van der Waals surface area contributed by atoms with E-state index in [-0.39, 0.29) is 12.1 Å². The number of hydrogen-bond acceptors (Lipinski definition) is 4. The first-order valence-electron chi connectivity index (χ1n) is 2.99. The zero-order valence-corrected chi connectivity index (χ0v) is 6.72. The molecule has 1 aromatic rings. The Bertz CT molecular complexity index is 407. The van der Waals surface area contributed by atoms with Crippen molar-refractivity contribution in [3.05, 3.63) is 26.5 Å². The summed E-state index contributed by atoms with van der Waals surface area (Å²) in [5.41, 5.74) is -1.41. The highest BCUT2D eigenvalue weighted by Crippen LogP contribution is 1.87. The summed E-state index contributed by atoms with van der Waals surface area (Å²) in [5, 5.41) is 4.88. The van der Waals surface area contributed by atoms with Crippen molar-refractivity contribution >= 4 is 17.7 Å². The summed E-state index contributed by atoms with van der Waals surface area (Å²) in [6.45, 7) is 0. The van der Waals surface area contributed by atoms with Crippen LogP contribution in [0, 0.1) is 0 Å². The molecule has 6 nitrogen and oxygen atoms in total. The molecule has 0 aromatic carbocycles. The van der Waals surface area contributed by atoms with E-state index < -0.39 is 16.4 Å². The van der Waals surface area contributed by atoms with E-state index >= 15 is 0 Å². The molecule has 0 bridgehead atoms. The smallest absolute Gasteiger partial charge is 0.287 e. The van der Waals surface area contributed by atoms with Crippen LogP contribution in [0.25, 0.3) is 0 Å². The van der Waals surface area contributed by atoms with E-state index in [4.69, 9.17) is 0 Å². The van der Waals surface area contributed by atoms with Crippen LogP contribution in [0.15, 0.2) is 9.59 Å². The van der Waals surface area contributed by atoms with Crippen molar-refractivity contribution in [2.75, 3.05) is 0 Å². The Morgan fingerprint density at radius 2 is 2.17 bits per heavy atom. The molecule has 0 radical (unpaired) electrons. The highest BCUT2D eigenvalue weighted by atomic mass is 32.1. The molecule has 2 N–H and O–H groups in total. The van der Waals surface area contributed by atoms with Crippen LogP contribution in [-0.2, 0) is 11.2 Å². The van der Waals surface area contributed by atoms with Crippen LogP contribution in [0.2, 0.25) is 0 Å². The second kappa shape index (κ2) is 3.35. The van der Waals surface area contributed by atoms with Crippen LogP contribution in [-0.4, -0.2) is 20.3 Å². The van der Waals surface area contributed by atoms with Gasteiger partial charge in [-0.2, -0.15) is 5.10 Å². The standard InChI is InChI=1S/C5H5N3O3S/c9-3(12)1-2-4(10)6-5(11)8-7-2/h1H2,(H,9,12)(H2,6,8,10,11). The average Bonchev–Trinajstić information content (AvgIpc) is 1.94. The highest BCUT2D eigenvalue weighted by Gasteiger charge is 2.04. The molecule has 0 amide bonds. The third kappa shape index (κ3) is 2.06. The van der Waals surface area contributed by atoms with Gasteiger partial charge in [0.15, 0.2) is 5.12 Å². The van der Waals surface area contributed by atoms with Gasteiger partial charge in [-0.25, -0.2) is 9.89 Å². The van der Waals surface area contributed by atoms with Gasteiger partial charge in [0.1, 0.15) is 5.69 Å². The van der Waals surface area contributed by atoms with E-state index in [0.29, 0.717) is 0 Å². The summed E-state index contributed by atoms with van der Waals surface area (Å²) in [6.07, 6.45) is -0.199. The number of carbonyl (C=O) groups excluding carboxylic acids is 1. The molecule has 1 heterocycles. The lowest BCUT2D eigenvalue weighted by molar-refractivity contribution is -0.110. The van der Waals surface area contributed by atoms with Gasteiger partial charge in [-0.3, -0.25) is 14.6 Å². The van der Waals surface area contributed by atoms with Crippen molar-refractivity contribution in [2.24, 2.45) is 0 Å². The monoisotopic (exact) mass is 187 g/mol. The Morgan fingerprint density at radius 1 is 1.50 bits per heavy atom. The summed E-state index contributed by atoms with van der Waals surface area (Å²) in [7, 11) is 0. The van der Waals surface area contributed by atoms with E-state index in [0.717, 1.165) is 0 Å². The van der Waals surface area contributed by atoms with Crippen molar-refractivity contribution < 1.29 is 4.79 Å². The van der Waals surface area contributed by atoms with Crippen LogP contribution in [0.1, 0.15) is 5.69 Å². The first-order valence-corrected chi connectivity index (χ1v) is 3.44. The Hall–Kier alpha value is -1.37. The van der Waals surface area contributed by atoms with Gasteiger partial charge in [-0.15, -0.1) is 12.6 Å². The van der Waals surface area contributed by atoms with E-state index in [1.165, 1.54) is 0 Å². The molecule has 12 heavy (non-hydrogen) atoms. The minimum Gasteiger partial charge on any atom is -0.287 e. The predicted molar refractivity (Wildman–Crippen MR) is 43.2 cm³/mol. The zero-order valence-electron chi connectivity index (χ0n) is 5.83. The fourth-order valence-electron chi connectivity index (χ4n) is 0.635. The number of hydrogen-bond donors (Lipinski definition) is 3. The zero-order chi connectivity index (χ0) is 9.14. The third-order valence-electron chi connectivity index (χ3n) is 1.10. The molecule has 0 saturated carbocycles. The Morgan fingerprint density at radius 3 is 2.67 bits per heavy atom. The van der Waals surface area contributed by atoms with Crippen LogP contribution in [0.4, 0.5) is 0 Å². The highest BCUT2D eigenvalue weighted by molar-refractivity contribution is 7.96. The number of aromatic nitrogens is 3. The first kappa shape index (κ1) is 8.72. The fraction of sp³-hybridized carbons (Fsp3) is 0.200. The second-order valence-corrected chi connectivity index (χ2v) is 2.52. The fourth-order valence-corrected chi connectivity index (χ4v) is 0.785. The number of H-pyrrole nitrogens is 2. The lowest BCUT2D eigenvalue weighted by atomic mass is 10.3. The molecule has 64 valence electrons. The maximum absolute atomic E-state index is 10.9. The normalized spacial score (nSPS) is 9.75. The van der Waals surface area contributed by atoms with Crippen molar-refractivity contribution in [3.63, 3.8) is 0 Å². The molecule has 0 fully saturated rings. The van der Waals surface area contributed by atoms with Gasteiger partial charge < -0.3 is 0 Å². The molecule has 0 unspecified atom stereocenters. The van der Waals surface area contributed by atoms with Gasteiger partial charge in [0.25, 0.3) is 5.56 Å². The lowest BCUT2D eigenvalue weighted by Gasteiger charge is -1.91. The van der Waals surface area contributed by atoms with Crippen molar-refractivity contribution in [2.45, 2.75) is 6.42 Å². The molecular weight excluding hydrogens is 182 g/mol.